The third-order valence-electron chi connectivity index (χ3n) is 3.37. The Hall–Kier alpha value is -1.45. The fraction of sp³-hybridized carbons (Fsp3) is 0.500. The zero-order valence-electron chi connectivity index (χ0n) is 10.9. The van der Waals surface area contributed by atoms with Crippen LogP contribution in [0.4, 0.5) is 33.3 Å². The maximum atomic E-state index is 13.5. The number of benzene rings is 1. The van der Waals surface area contributed by atoms with Gasteiger partial charge in [0.2, 0.25) is 0 Å². The Morgan fingerprint density at radius 3 is 2.55 bits per heavy atom. The Bertz CT molecular complexity index is 593. The molecule has 1 aromatic carbocycles. The van der Waals surface area contributed by atoms with Crippen LogP contribution in [0.1, 0.15) is 12.0 Å². The van der Waals surface area contributed by atoms with Crippen molar-refractivity contribution < 1.29 is 26.9 Å². The molecule has 0 bridgehead atoms. The molecule has 22 heavy (non-hydrogen) atoms. The lowest BCUT2D eigenvalue weighted by molar-refractivity contribution is -0.388. The van der Waals surface area contributed by atoms with E-state index in [9.17, 15) is 32.1 Å². The highest BCUT2D eigenvalue weighted by Crippen LogP contribution is 2.41. The second-order valence-corrected chi connectivity index (χ2v) is 5.60. The summed E-state index contributed by atoms with van der Waals surface area (Å²) in [5.41, 5.74) is -2.66. The van der Waals surface area contributed by atoms with Crippen LogP contribution in [0.3, 0.4) is 0 Å². The summed E-state index contributed by atoms with van der Waals surface area (Å²) in [5.74, 6) is -3.02. The molecule has 0 amide bonds. The number of nitro benzene ring substituents is 1. The van der Waals surface area contributed by atoms with Crippen LogP contribution in [0, 0.1) is 10.1 Å². The molecule has 0 unspecified atom stereocenters. The van der Waals surface area contributed by atoms with Gasteiger partial charge < -0.3 is 4.90 Å². The Kier molecular flexibility index (Phi) is 4.33. The van der Waals surface area contributed by atoms with Gasteiger partial charge in [-0.25, -0.2) is 8.78 Å². The third kappa shape index (κ3) is 3.31. The van der Waals surface area contributed by atoms with Crippen molar-refractivity contribution in [2.45, 2.75) is 24.6 Å². The zero-order chi connectivity index (χ0) is 16.7. The molecule has 0 saturated carbocycles. The van der Waals surface area contributed by atoms with E-state index in [0.29, 0.717) is 12.1 Å². The topological polar surface area (TPSA) is 46.4 Å². The van der Waals surface area contributed by atoms with Crippen LogP contribution in [-0.4, -0.2) is 28.8 Å². The smallest absolute Gasteiger partial charge is 0.361 e. The number of hydrogen-bond donors (Lipinski definition) is 0. The van der Waals surface area contributed by atoms with Crippen molar-refractivity contribution >= 4 is 27.3 Å². The molecule has 0 spiro atoms. The number of halogens is 6. The highest BCUT2D eigenvalue weighted by molar-refractivity contribution is 9.09. The first-order valence-electron chi connectivity index (χ1n) is 6.11. The molecule has 0 N–H and O–H groups in total. The van der Waals surface area contributed by atoms with Crippen molar-refractivity contribution in [3.63, 3.8) is 0 Å². The fourth-order valence-electron chi connectivity index (χ4n) is 2.43. The first-order valence-corrected chi connectivity index (χ1v) is 7.23. The lowest BCUT2D eigenvalue weighted by atomic mass is 10.1. The molecule has 1 saturated heterocycles. The van der Waals surface area contributed by atoms with Crippen molar-refractivity contribution in [2.75, 3.05) is 16.8 Å². The molecule has 10 heteroatoms. The van der Waals surface area contributed by atoms with Gasteiger partial charge >= 0.3 is 6.18 Å². The van der Waals surface area contributed by atoms with Crippen LogP contribution in [0.5, 0.6) is 0 Å². The molecule has 1 aliphatic heterocycles. The predicted molar refractivity (Wildman–Crippen MR) is 72.6 cm³/mol. The minimum absolute atomic E-state index is 0.112. The number of rotatable bonds is 3. The molecule has 0 radical (unpaired) electrons. The molecule has 1 atom stereocenters. The Balaban J connectivity index is 2.47. The molecule has 1 aromatic rings. The summed E-state index contributed by atoms with van der Waals surface area (Å²) in [6.07, 6.45) is -5.43. The summed E-state index contributed by atoms with van der Waals surface area (Å²) in [7, 11) is 0. The van der Waals surface area contributed by atoms with Crippen LogP contribution in [0.2, 0.25) is 0 Å². The molecular formula is C12H10BrF5N2O2. The standard InChI is InChI=1S/C12H10BrF5N2O2/c13-5-8-4-11(14,15)6-19(8)7-1-2-10(20(21)22)9(3-7)12(16,17)18/h1-3,8H,4-6H2/t8-/m0/s1. The SMILES string of the molecule is O=[N+]([O-])c1ccc(N2CC(F)(F)C[C@H]2CBr)cc1C(F)(F)F. The van der Waals surface area contributed by atoms with Gasteiger partial charge in [0, 0.05) is 29.5 Å². The van der Waals surface area contributed by atoms with E-state index < -0.39 is 47.3 Å². The maximum absolute atomic E-state index is 13.5. The maximum Gasteiger partial charge on any atom is 0.423 e. The molecular weight excluding hydrogens is 379 g/mol. The lowest BCUT2D eigenvalue weighted by Gasteiger charge is -2.25. The average Bonchev–Trinajstić information content (AvgIpc) is 2.72. The minimum atomic E-state index is -4.94. The van der Waals surface area contributed by atoms with Gasteiger partial charge in [0.25, 0.3) is 11.6 Å². The van der Waals surface area contributed by atoms with Crippen LogP contribution in [0.15, 0.2) is 18.2 Å². The van der Waals surface area contributed by atoms with Gasteiger partial charge in [-0.2, -0.15) is 13.2 Å². The van der Waals surface area contributed by atoms with Crippen molar-refractivity contribution in [3.05, 3.63) is 33.9 Å². The lowest BCUT2D eigenvalue weighted by Crippen LogP contribution is -2.31. The van der Waals surface area contributed by atoms with Crippen molar-refractivity contribution in [3.8, 4) is 0 Å². The highest BCUT2D eigenvalue weighted by atomic mass is 79.9. The van der Waals surface area contributed by atoms with Crippen LogP contribution < -0.4 is 4.90 Å². The Morgan fingerprint density at radius 2 is 2.05 bits per heavy atom. The van der Waals surface area contributed by atoms with Crippen LogP contribution >= 0.6 is 15.9 Å². The van der Waals surface area contributed by atoms with Gasteiger partial charge in [-0.1, -0.05) is 15.9 Å². The largest absolute Gasteiger partial charge is 0.423 e. The van der Waals surface area contributed by atoms with E-state index in [2.05, 4.69) is 15.9 Å². The van der Waals surface area contributed by atoms with E-state index in [0.717, 1.165) is 11.0 Å². The molecule has 1 fully saturated rings. The fourth-order valence-corrected chi connectivity index (χ4v) is 3.01. The van der Waals surface area contributed by atoms with E-state index in [1.165, 1.54) is 0 Å². The highest BCUT2D eigenvalue weighted by Gasteiger charge is 2.46. The quantitative estimate of drug-likeness (QED) is 0.337. The molecule has 122 valence electrons. The van der Waals surface area contributed by atoms with E-state index in [1.807, 2.05) is 0 Å². The van der Waals surface area contributed by atoms with Crippen molar-refractivity contribution in [2.24, 2.45) is 0 Å². The van der Waals surface area contributed by atoms with E-state index in [-0.39, 0.29) is 11.0 Å². The zero-order valence-corrected chi connectivity index (χ0v) is 12.5. The summed E-state index contributed by atoms with van der Waals surface area (Å²) >= 11 is 3.06. The summed E-state index contributed by atoms with van der Waals surface area (Å²) < 4.78 is 65.7. The van der Waals surface area contributed by atoms with Gasteiger partial charge in [0.05, 0.1) is 11.5 Å². The first kappa shape index (κ1) is 16.9. The van der Waals surface area contributed by atoms with Gasteiger partial charge in [0.1, 0.15) is 5.56 Å². The molecule has 1 heterocycles. The van der Waals surface area contributed by atoms with Gasteiger partial charge in [0.15, 0.2) is 0 Å². The minimum Gasteiger partial charge on any atom is -0.361 e. The predicted octanol–water partition coefficient (Wildman–Crippen LogP) is 4.22. The van der Waals surface area contributed by atoms with Gasteiger partial charge in [-0.3, -0.25) is 10.1 Å². The second kappa shape index (κ2) is 5.64. The summed E-state index contributed by atoms with van der Waals surface area (Å²) in [6.45, 7) is -0.724. The molecule has 0 aromatic heterocycles. The summed E-state index contributed by atoms with van der Waals surface area (Å²) in [5, 5.41) is 10.8. The Labute approximate surface area is 130 Å². The number of alkyl halides is 6. The molecule has 2 rings (SSSR count). The third-order valence-corrected chi connectivity index (χ3v) is 4.12. The van der Waals surface area contributed by atoms with E-state index >= 15 is 0 Å². The van der Waals surface area contributed by atoms with E-state index in [4.69, 9.17) is 0 Å². The summed E-state index contributed by atoms with van der Waals surface area (Å²) in [6, 6.07) is 1.62. The molecule has 1 aliphatic rings. The van der Waals surface area contributed by atoms with Crippen molar-refractivity contribution in [1.82, 2.24) is 0 Å². The number of nitro groups is 1. The molecule has 0 aliphatic carbocycles. The second-order valence-electron chi connectivity index (χ2n) is 4.95. The Morgan fingerprint density at radius 1 is 1.41 bits per heavy atom. The average molecular weight is 389 g/mol. The first-order chi connectivity index (χ1) is 10.0. The molecule has 4 nitrogen and oxygen atoms in total. The van der Waals surface area contributed by atoms with Gasteiger partial charge in [-0.15, -0.1) is 0 Å². The number of nitrogens with zero attached hydrogens (tertiary/aromatic N) is 2. The number of anilines is 1. The van der Waals surface area contributed by atoms with Crippen LogP contribution in [0.25, 0.3) is 0 Å². The monoisotopic (exact) mass is 388 g/mol. The normalized spacial score (nSPS) is 21.2. The summed E-state index contributed by atoms with van der Waals surface area (Å²) in [4.78, 5) is 10.7. The number of hydrogen-bond acceptors (Lipinski definition) is 3. The van der Waals surface area contributed by atoms with Gasteiger partial charge in [-0.05, 0) is 12.1 Å². The van der Waals surface area contributed by atoms with Crippen LogP contribution in [-0.2, 0) is 6.18 Å². The van der Waals surface area contributed by atoms with E-state index in [1.54, 1.807) is 0 Å². The van der Waals surface area contributed by atoms with Crippen molar-refractivity contribution in [1.29, 1.82) is 0 Å².